The molecule has 8 nitrogen and oxygen atoms in total. The Hall–Kier alpha value is -1.80. The van der Waals surface area contributed by atoms with E-state index in [1.54, 1.807) is 0 Å². The van der Waals surface area contributed by atoms with E-state index in [4.69, 9.17) is 18.5 Å². The highest BCUT2D eigenvalue weighted by atomic mass is 31.2. The molecule has 0 amide bonds. The predicted octanol–water partition coefficient (Wildman–Crippen LogP) is 12.2. The van der Waals surface area contributed by atoms with Crippen LogP contribution in [0.2, 0.25) is 0 Å². The average Bonchev–Trinajstić information content (AvgIpc) is 3.11. The monoisotopic (exact) mass is 767 g/mol. The van der Waals surface area contributed by atoms with Crippen LogP contribution < -0.4 is 0 Å². The summed E-state index contributed by atoms with van der Waals surface area (Å²) in [5.41, 5.74) is 0. The van der Waals surface area contributed by atoms with E-state index in [9.17, 15) is 14.3 Å². The smallest absolute Gasteiger partial charge is 0.463 e. The molecule has 0 rings (SSSR count). The second kappa shape index (κ2) is 37.1. The summed E-state index contributed by atoms with van der Waals surface area (Å²) in [5, 5.41) is 0. The van der Waals surface area contributed by atoms with Gasteiger partial charge in [0.2, 0.25) is 0 Å². The van der Waals surface area contributed by atoms with Crippen molar-refractivity contribution in [3.05, 3.63) is 60.8 Å². The highest BCUT2D eigenvalue weighted by Crippen LogP contribution is 2.43. The minimum Gasteiger partial charge on any atom is -0.463 e. The van der Waals surface area contributed by atoms with Crippen molar-refractivity contribution < 1.29 is 37.3 Å². The Kier molecular flexibility index (Phi) is 35.9. The second-order valence-electron chi connectivity index (χ2n) is 15.0. The first kappa shape index (κ1) is 51.2. The lowest BCUT2D eigenvalue weighted by Gasteiger charge is -2.24. The van der Waals surface area contributed by atoms with Gasteiger partial charge in [-0.2, -0.15) is 0 Å². The topological polar surface area (TPSA) is 91.3 Å². The van der Waals surface area contributed by atoms with Gasteiger partial charge < -0.3 is 18.9 Å². The van der Waals surface area contributed by atoms with Crippen LogP contribution in [0.4, 0.5) is 0 Å². The minimum atomic E-state index is -4.25. The van der Waals surface area contributed by atoms with Crippen LogP contribution in [0.5, 0.6) is 0 Å². The number of quaternary nitrogens is 1. The van der Waals surface area contributed by atoms with E-state index in [1.807, 2.05) is 21.1 Å². The number of phosphoric ester groups is 1. The van der Waals surface area contributed by atoms with E-state index < -0.39 is 13.9 Å². The molecule has 53 heavy (non-hydrogen) atoms. The molecule has 1 unspecified atom stereocenters. The summed E-state index contributed by atoms with van der Waals surface area (Å²) >= 11 is 0. The van der Waals surface area contributed by atoms with Gasteiger partial charge >= 0.3 is 13.8 Å². The van der Waals surface area contributed by atoms with Gasteiger partial charge in [-0.3, -0.25) is 13.8 Å². The molecule has 9 heteroatoms. The first-order valence-electron chi connectivity index (χ1n) is 21.0. The Balaban J connectivity index is 4.35. The van der Waals surface area contributed by atoms with Gasteiger partial charge in [-0.1, -0.05) is 158 Å². The van der Waals surface area contributed by atoms with Gasteiger partial charge in [0.25, 0.3) is 0 Å². The Bertz CT molecular complexity index is 1030. The van der Waals surface area contributed by atoms with E-state index in [1.165, 1.54) is 77.0 Å². The number of hydrogen-bond donors (Lipinski definition) is 1. The average molecular weight is 767 g/mol. The number of nitrogens with zero attached hydrogens (tertiary/aromatic N) is 1. The summed E-state index contributed by atoms with van der Waals surface area (Å²) < 4.78 is 34.9. The molecule has 0 aromatic heterocycles. The molecule has 0 fully saturated rings. The SMILES string of the molecule is CC/C=C/C/C=C/C/C=C/C/C=C/C/C=C/CCCC(=O)OC[C@@H](COP(=O)(O)OCC[N+](C)(C)C)OCCCCCCCCCCCCCCCC. The summed E-state index contributed by atoms with van der Waals surface area (Å²) in [4.78, 5) is 22.6. The first-order valence-corrected chi connectivity index (χ1v) is 22.5. The van der Waals surface area contributed by atoms with Crippen molar-refractivity contribution in [3.63, 3.8) is 0 Å². The lowest BCUT2D eigenvalue weighted by atomic mass is 10.0. The summed E-state index contributed by atoms with van der Waals surface area (Å²) in [6, 6.07) is 0. The number of hydrogen-bond acceptors (Lipinski definition) is 6. The lowest BCUT2D eigenvalue weighted by molar-refractivity contribution is -0.870. The molecule has 0 spiro atoms. The van der Waals surface area contributed by atoms with Crippen molar-refractivity contribution in [2.75, 3.05) is 54.1 Å². The number of carbonyl (C=O) groups is 1. The van der Waals surface area contributed by atoms with Crippen LogP contribution in [0, 0.1) is 0 Å². The third-order valence-corrected chi connectivity index (χ3v) is 9.62. The number of rotatable bonds is 38. The lowest BCUT2D eigenvalue weighted by Crippen LogP contribution is -2.37. The summed E-state index contributed by atoms with van der Waals surface area (Å²) in [5.74, 6) is -0.311. The predicted molar refractivity (Wildman–Crippen MR) is 224 cm³/mol. The van der Waals surface area contributed by atoms with Gasteiger partial charge in [-0.25, -0.2) is 4.57 Å². The van der Waals surface area contributed by atoms with Crippen molar-refractivity contribution in [2.24, 2.45) is 0 Å². The highest BCUT2D eigenvalue weighted by Gasteiger charge is 2.25. The molecular weight excluding hydrogens is 685 g/mol. The van der Waals surface area contributed by atoms with Crippen molar-refractivity contribution in [1.82, 2.24) is 0 Å². The third kappa shape index (κ3) is 41.2. The molecule has 308 valence electrons. The molecule has 0 aliphatic rings. The molecule has 0 saturated carbocycles. The Labute approximate surface area is 326 Å². The molecule has 0 saturated heterocycles. The maximum Gasteiger partial charge on any atom is 0.472 e. The standard InChI is InChI=1S/C44H80NO7P/c1-6-8-10-12-14-16-18-20-22-23-24-25-27-29-31-33-35-37-44(46)50-41-43(42-52-53(47,48)51-40-38-45(3,4)5)49-39-36-34-32-30-28-26-21-19-17-15-13-11-9-7-2/h8,10,14,16,20,22,24-25,29,31,43H,6-7,9,11-13,15,17-19,21,23,26-28,30,32-42H2,1-5H3/p+1/b10-8+,16-14+,22-20+,25-24+,31-29+/t43-/m0/s1. The van der Waals surface area contributed by atoms with Crippen molar-refractivity contribution in [2.45, 2.75) is 161 Å². The molecule has 1 N–H and O–H groups in total. The van der Waals surface area contributed by atoms with Gasteiger partial charge in [0, 0.05) is 13.0 Å². The quantitative estimate of drug-likeness (QED) is 0.0220. The van der Waals surface area contributed by atoms with Crippen molar-refractivity contribution in [3.8, 4) is 0 Å². The largest absolute Gasteiger partial charge is 0.472 e. The van der Waals surface area contributed by atoms with Gasteiger partial charge in [0.15, 0.2) is 0 Å². The number of allylic oxidation sites excluding steroid dienone is 10. The molecule has 2 atom stereocenters. The van der Waals surface area contributed by atoms with Gasteiger partial charge in [0.1, 0.15) is 25.9 Å². The number of carbonyl (C=O) groups excluding carboxylic acids is 1. The molecule has 0 heterocycles. The molecule has 0 bridgehead atoms. The van der Waals surface area contributed by atoms with E-state index in [-0.39, 0.29) is 25.8 Å². The summed E-state index contributed by atoms with van der Waals surface area (Å²) in [6.45, 7) is 5.32. The fourth-order valence-corrected chi connectivity index (χ4v) is 6.07. The van der Waals surface area contributed by atoms with Crippen molar-refractivity contribution >= 4 is 13.8 Å². The number of phosphoric acid groups is 1. The van der Waals surface area contributed by atoms with Crippen LogP contribution in [-0.4, -0.2) is 75.6 Å². The summed E-state index contributed by atoms with van der Waals surface area (Å²) in [6.07, 6.45) is 45.6. The molecule has 0 aromatic rings. The fraction of sp³-hybridized carbons (Fsp3) is 0.750. The zero-order valence-corrected chi connectivity index (χ0v) is 35.6. The van der Waals surface area contributed by atoms with E-state index in [0.717, 1.165) is 51.4 Å². The van der Waals surface area contributed by atoms with Crippen LogP contribution in [-0.2, 0) is 27.9 Å². The number of likely N-dealkylation sites (N-methyl/N-ethyl adjacent to an activating group) is 1. The van der Waals surface area contributed by atoms with Crippen LogP contribution in [0.1, 0.15) is 155 Å². The van der Waals surface area contributed by atoms with E-state index in [0.29, 0.717) is 30.5 Å². The maximum absolute atomic E-state index is 12.5. The first-order chi connectivity index (χ1) is 25.6. The Morgan fingerprint density at radius 3 is 1.57 bits per heavy atom. The van der Waals surface area contributed by atoms with Gasteiger partial charge in [-0.05, 0) is 51.4 Å². The van der Waals surface area contributed by atoms with Crippen LogP contribution in [0.15, 0.2) is 60.8 Å². The fourth-order valence-electron chi connectivity index (χ4n) is 5.33. The van der Waals surface area contributed by atoms with Gasteiger partial charge in [0.05, 0.1) is 27.7 Å². The minimum absolute atomic E-state index is 0.0298. The number of ether oxygens (including phenoxy) is 2. The second-order valence-corrected chi connectivity index (χ2v) is 16.4. The van der Waals surface area contributed by atoms with Crippen LogP contribution >= 0.6 is 7.82 Å². The maximum atomic E-state index is 12.5. The zero-order chi connectivity index (χ0) is 39.1. The zero-order valence-electron chi connectivity index (χ0n) is 34.7. The molecule has 0 aliphatic heterocycles. The van der Waals surface area contributed by atoms with Crippen LogP contribution in [0.25, 0.3) is 0 Å². The number of unbranched alkanes of at least 4 members (excludes halogenated alkanes) is 14. The normalized spacial score (nSPS) is 14.5. The molecule has 0 radical (unpaired) electrons. The van der Waals surface area contributed by atoms with Gasteiger partial charge in [-0.15, -0.1) is 0 Å². The van der Waals surface area contributed by atoms with Crippen LogP contribution in [0.3, 0.4) is 0 Å². The van der Waals surface area contributed by atoms with Crippen molar-refractivity contribution in [1.29, 1.82) is 0 Å². The molecule has 0 aliphatic carbocycles. The van der Waals surface area contributed by atoms with E-state index >= 15 is 0 Å². The Morgan fingerprint density at radius 1 is 0.604 bits per heavy atom. The number of esters is 1. The van der Waals surface area contributed by atoms with E-state index in [2.05, 4.69) is 74.6 Å². The Morgan fingerprint density at radius 2 is 1.08 bits per heavy atom. The summed E-state index contributed by atoms with van der Waals surface area (Å²) in [7, 11) is 1.68. The third-order valence-electron chi connectivity index (χ3n) is 8.63. The molecular formula is C44H81NO7P+. The highest BCUT2D eigenvalue weighted by molar-refractivity contribution is 7.47. The molecule has 0 aromatic carbocycles.